The van der Waals surface area contributed by atoms with Gasteiger partial charge in [-0.3, -0.25) is 9.59 Å². The summed E-state index contributed by atoms with van der Waals surface area (Å²) in [5.74, 6) is 1.01. The quantitative estimate of drug-likeness (QED) is 0.800. The molecule has 2 amide bonds. The van der Waals surface area contributed by atoms with E-state index in [0.29, 0.717) is 22.7 Å². The number of methoxy groups -OCH3 is 1. The standard InChI is InChI=1S/C23H26N2O4/c1-16-10-11-17(14-20(16)28-2)22(26)25-15-21(23(27)24-12-6-3-7-13-24)29-19-9-5-4-8-18(19)25/h4-5,8-11,14,21H,3,6-7,12-13,15H2,1-2H3/t21-/m1/s1. The lowest BCUT2D eigenvalue weighted by Gasteiger charge is -2.37. The SMILES string of the molecule is COc1cc(C(=O)N2C[C@H](C(=O)N3CCCCC3)Oc3ccccc32)ccc1C. The van der Waals surface area contributed by atoms with Crippen LogP contribution in [0.4, 0.5) is 5.69 Å². The second-order valence-electron chi connectivity index (χ2n) is 7.56. The Morgan fingerprint density at radius 2 is 1.83 bits per heavy atom. The zero-order valence-corrected chi connectivity index (χ0v) is 16.9. The molecule has 4 rings (SSSR count). The molecule has 0 spiro atoms. The number of ether oxygens (including phenoxy) is 2. The van der Waals surface area contributed by atoms with Crippen LogP contribution in [-0.2, 0) is 4.79 Å². The Bertz CT molecular complexity index is 921. The van der Waals surface area contributed by atoms with Crippen LogP contribution in [0.5, 0.6) is 11.5 Å². The van der Waals surface area contributed by atoms with Gasteiger partial charge in [-0.25, -0.2) is 0 Å². The van der Waals surface area contributed by atoms with Crippen molar-refractivity contribution in [2.24, 2.45) is 0 Å². The number of hydrogen-bond acceptors (Lipinski definition) is 4. The lowest BCUT2D eigenvalue weighted by atomic mass is 10.1. The Hall–Kier alpha value is -3.02. The smallest absolute Gasteiger partial charge is 0.265 e. The van der Waals surface area contributed by atoms with Gasteiger partial charge in [-0.05, 0) is 56.0 Å². The number of likely N-dealkylation sites (tertiary alicyclic amines) is 1. The van der Waals surface area contributed by atoms with Crippen molar-refractivity contribution in [1.29, 1.82) is 0 Å². The van der Waals surface area contributed by atoms with Gasteiger partial charge in [0.1, 0.15) is 11.5 Å². The Balaban J connectivity index is 1.64. The predicted molar refractivity (Wildman–Crippen MR) is 111 cm³/mol. The Kier molecular flexibility index (Phi) is 5.43. The summed E-state index contributed by atoms with van der Waals surface area (Å²) in [6, 6.07) is 12.8. The molecule has 6 heteroatoms. The second-order valence-corrected chi connectivity index (χ2v) is 7.56. The van der Waals surface area contributed by atoms with Crippen LogP contribution in [0.3, 0.4) is 0 Å². The molecule has 1 saturated heterocycles. The van der Waals surface area contributed by atoms with E-state index < -0.39 is 6.10 Å². The van der Waals surface area contributed by atoms with E-state index in [0.717, 1.165) is 37.9 Å². The van der Waals surface area contributed by atoms with Crippen molar-refractivity contribution in [3.05, 3.63) is 53.6 Å². The van der Waals surface area contributed by atoms with E-state index in [1.165, 1.54) is 0 Å². The van der Waals surface area contributed by atoms with Crippen molar-refractivity contribution in [1.82, 2.24) is 4.90 Å². The minimum Gasteiger partial charge on any atom is -0.496 e. The van der Waals surface area contributed by atoms with Crippen LogP contribution >= 0.6 is 0 Å². The number of nitrogens with zero attached hydrogens (tertiary/aromatic N) is 2. The van der Waals surface area contributed by atoms with Crippen molar-refractivity contribution in [2.75, 3.05) is 31.6 Å². The van der Waals surface area contributed by atoms with Crippen LogP contribution in [0.25, 0.3) is 0 Å². The Morgan fingerprint density at radius 3 is 2.59 bits per heavy atom. The third-order valence-corrected chi connectivity index (χ3v) is 5.62. The number of amides is 2. The van der Waals surface area contributed by atoms with E-state index in [-0.39, 0.29) is 18.4 Å². The summed E-state index contributed by atoms with van der Waals surface area (Å²) in [5, 5.41) is 0. The molecule has 152 valence electrons. The van der Waals surface area contributed by atoms with Gasteiger partial charge in [0.05, 0.1) is 19.3 Å². The molecule has 2 heterocycles. The first kappa shape index (κ1) is 19.3. The van der Waals surface area contributed by atoms with Crippen molar-refractivity contribution in [3.8, 4) is 11.5 Å². The van der Waals surface area contributed by atoms with Crippen LogP contribution < -0.4 is 14.4 Å². The van der Waals surface area contributed by atoms with Gasteiger partial charge in [-0.15, -0.1) is 0 Å². The summed E-state index contributed by atoms with van der Waals surface area (Å²) in [5.41, 5.74) is 2.16. The monoisotopic (exact) mass is 394 g/mol. The van der Waals surface area contributed by atoms with Gasteiger partial charge >= 0.3 is 0 Å². The molecule has 2 aromatic rings. The van der Waals surface area contributed by atoms with Crippen molar-refractivity contribution < 1.29 is 19.1 Å². The number of piperidine rings is 1. The molecule has 6 nitrogen and oxygen atoms in total. The summed E-state index contributed by atoms with van der Waals surface area (Å²) in [4.78, 5) is 29.9. The second kappa shape index (κ2) is 8.15. The average molecular weight is 394 g/mol. The van der Waals surface area contributed by atoms with Crippen LogP contribution in [-0.4, -0.2) is 49.6 Å². The van der Waals surface area contributed by atoms with Gasteiger partial charge in [0, 0.05) is 18.7 Å². The topological polar surface area (TPSA) is 59.1 Å². The number of hydrogen-bond donors (Lipinski definition) is 0. The highest BCUT2D eigenvalue weighted by molar-refractivity contribution is 6.08. The van der Waals surface area contributed by atoms with Crippen molar-refractivity contribution >= 4 is 17.5 Å². The highest BCUT2D eigenvalue weighted by atomic mass is 16.5. The van der Waals surface area contributed by atoms with Crippen LogP contribution in [0, 0.1) is 6.92 Å². The summed E-state index contributed by atoms with van der Waals surface area (Å²) in [6.07, 6.45) is 2.49. The fraction of sp³-hybridized carbons (Fsp3) is 0.391. The van der Waals surface area contributed by atoms with Gasteiger partial charge in [0.25, 0.3) is 11.8 Å². The maximum Gasteiger partial charge on any atom is 0.265 e. The summed E-state index contributed by atoms with van der Waals surface area (Å²) >= 11 is 0. The van der Waals surface area contributed by atoms with E-state index in [4.69, 9.17) is 9.47 Å². The third kappa shape index (κ3) is 3.79. The fourth-order valence-corrected chi connectivity index (χ4v) is 3.98. The first-order valence-electron chi connectivity index (χ1n) is 10.1. The molecular formula is C23H26N2O4. The lowest BCUT2D eigenvalue weighted by Crippen LogP contribution is -2.52. The number of carbonyl (C=O) groups is 2. The van der Waals surface area contributed by atoms with Crippen molar-refractivity contribution in [3.63, 3.8) is 0 Å². The number of aryl methyl sites for hydroxylation is 1. The van der Waals surface area contributed by atoms with E-state index in [9.17, 15) is 9.59 Å². The van der Waals surface area contributed by atoms with E-state index >= 15 is 0 Å². The summed E-state index contributed by atoms with van der Waals surface area (Å²) in [7, 11) is 1.59. The zero-order chi connectivity index (χ0) is 20.4. The number of carbonyl (C=O) groups excluding carboxylic acids is 2. The van der Waals surface area contributed by atoms with Gasteiger partial charge in [0.2, 0.25) is 0 Å². The van der Waals surface area contributed by atoms with Gasteiger partial charge < -0.3 is 19.3 Å². The minimum absolute atomic E-state index is 0.0431. The van der Waals surface area contributed by atoms with E-state index in [1.807, 2.05) is 36.1 Å². The zero-order valence-electron chi connectivity index (χ0n) is 16.9. The van der Waals surface area contributed by atoms with Crippen LogP contribution in [0.1, 0.15) is 35.2 Å². The molecule has 2 aromatic carbocycles. The minimum atomic E-state index is -0.695. The molecule has 0 unspecified atom stereocenters. The van der Waals surface area contributed by atoms with E-state index in [2.05, 4.69) is 0 Å². The molecule has 0 N–H and O–H groups in total. The Labute approximate surface area is 171 Å². The summed E-state index contributed by atoms with van der Waals surface area (Å²) in [6.45, 7) is 3.64. The van der Waals surface area contributed by atoms with Crippen LogP contribution in [0.15, 0.2) is 42.5 Å². The highest BCUT2D eigenvalue weighted by Gasteiger charge is 2.36. The molecule has 1 atom stereocenters. The number of anilines is 1. The molecule has 1 fully saturated rings. The number of para-hydroxylation sites is 2. The molecular weight excluding hydrogens is 368 g/mol. The molecule has 0 aliphatic carbocycles. The maximum atomic E-state index is 13.4. The van der Waals surface area contributed by atoms with Crippen molar-refractivity contribution in [2.45, 2.75) is 32.3 Å². The van der Waals surface area contributed by atoms with Gasteiger partial charge in [-0.2, -0.15) is 0 Å². The Morgan fingerprint density at radius 1 is 1.07 bits per heavy atom. The highest BCUT2D eigenvalue weighted by Crippen LogP contribution is 2.35. The van der Waals surface area contributed by atoms with Gasteiger partial charge in [0.15, 0.2) is 6.10 Å². The average Bonchev–Trinajstić information content (AvgIpc) is 2.78. The molecule has 2 aliphatic rings. The largest absolute Gasteiger partial charge is 0.496 e. The number of fused-ring (bicyclic) bond motifs is 1. The lowest BCUT2D eigenvalue weighted by molar-refractivity contribution is -0.139. The normalized spacial score (nSPS) is 18.6. The molecule has 0 radical (unpaired) electrons. The summed E-state index contributed by atoms with van der Waals surface area (Å²) < 4.78 is 11.4. The van der Waals surface area contributed by atoms with Crippen LogP contribution in [0.2, 0.25) is 0 Å². The molecule has 29 heavy (non-hydrogen) atoms. The third-order valence-electron chi connectivity index (χ3n) is 5.62. The fourth-order valence-electron chi connectivity index (χ4n) is 3.98. The van der Waals surface area contributed by atoms with Gasteiger partial charge in [-0.1, -0.05) is 18.2 Å². The number of benzene rings is 2. The molecule has 0 bridgehead atoms. The van der Waals surface area contributed by atoms with E-state index in [1.54, 1.807) is 30.2 Å². The first-order chi connectivity index (χ1) is 14.1. The first-order valence-corrected chi connectivity index (χ1v) is 10.1. The predicted octanol–water partition coefficient (Wildman–Crippen LogP) is 3.42. The number of rotatable bonds is 3. The molecule has 0 saturated carbocycles. The molecule has 0 aromatic heterocycles. The molecule has 2 aliphatic heterocycles. The maximum absolute atomic E-state index is 13.4.